The lowest BCUT2D eigenvalue weighted by molar-refractivity contribution is 0.0731. The summed E-state index contributed by atoms with van der Waals surface area (Å²) in [7, 11) is 1.60. The molecule has 3 aromatic rings. The Morgan fingerprint density at radius 1 is 1.10 bits per heavy atom. The predicted molar refractivity (Wildman–Crippen MR) is 113 cm³/mol. The summed E-state index contributed by atoms with van der Waals surface area (Å²) in [4.78, 5) is 34.8. The molecule has 30 heavy (non-hydrogen) atoms. The van der Waals surface area contributed by atoms with Crippen molar-refractivity contribution in [3.05, 3.63) is 75.7 Å². The number of carbonyl (C=O) groups excluding carboxylic acids is 1. The molecule has 2 aromatic carbocycles. The molecule has 0 aliphatic carbocycles. The highest BCUT2D eigenvalue weighted by Gasteiger charge is 2.25. The molecule has 7 nitrogen and oxygen atoms in total. The van der Waals surface area contributed by atoms with Crippen molar-refractivity contribution in [3.8, 4) is 22.9 Å². The minimum Gasteiger partial charge on any atom is -0.497 e. The first kappa shape index (κ1) is 19.7. The van der Waals surface area contributed by atoms with Crippen molar-refractivity contribution in [1.29, 1.82) is 0 Å². The van der Waals surface area contributed by atoms with Gasteiger partial charge < -0.3 is 19.4 Å². The van der Waals surface area contributed by atoms with Gasteiger partial charge in [-0.1, -0.05) is 0 Å². The highest BCUT2D eigenvalue weighted by atomic mass is 16.5. The monoisotopic (exact) mass is 405 g/mol. The summed E-state index contributed by atoms with van der Waals surface area (Å²) in [6.45, 7) is 3.27. The second-order valence-electron chi connectivity index (χ2n) is 7.00. The van der Waals surface area contributed by atoms with Crippen LogP contribution in [0.1, 0.15) is 28.5 Å². The Morgan fingerprint density at radius 2 is 1.80 bits per heavy atom. The van der Waals surface area contributed by atoms with E-state index in [9.17, 15) is 9.59 Å². The van der Waals surface area contributed by atoms with Gasteiger partial charge in [0.15, 0.2) is 0 Å². The molecule has 0 bridgehead atoms. The molecule has 2 heterocycles. The van der Waals surface area contributed by atoms with Crippen LogP contribution in [-0.4, -0.2) is 41.0 Å². The molecule has 1 aliphatic heterocycles. The predicted octanol–water partition coefficient (Wildman–Crippen LogP) is 3.04. The van der Waals surface area contributed by atoms with E-state index in [-0.39, 0.29) is 11.5 Å². The topological polar surface area (TPSA) is 84.5 Å². The van der Waals surface area contributed by atoms with E-state index in [1.807, 2.05) is 31.2 Å². The maximum atomic E-state index is 12.9. The number of hydrogen-bond donors (Lipinski definition) is 1. The Morgan fingerprint density at radius 3 is 2.47 bits per heavy atom. The number of hydrogen-bond acceptors (Lipinski definition) is 5. The molecule has 1 N–H and O–H groups in total. The van der Waals surface area contributed by atoms with E-state index < -0.39 is 0 Å². The number of carbonyl (C=O) groups is 1. The van der Waals surface area contributed by atoms with Gasteiger partial charge in [-0.25, -0.2) is 4.98 Å². The van der Waals surface area contributed by atoms with Gasteiger partial charge in [-0.2, -0.15) is 0 Å². The number of fused-ring (bicyclic) bond motifs is 1. The van der Waals surface area contributed by atoms with Gasteiger partial charge in [-0.15, -0.1) is 0 Å². The number of aromatic nitrogens is 2. The van der Waals surface area contributed by atoms with Gasteiger partial charge >= 0.3 is 0 Å². The molecule has 1 aliphatic rings. The second kappa shape index (κ2) is 8.41. The number of ether oxygens (including phenoxy) is 2. The third-order valence-electron chi connectivity index (χ3n) is 5.14. The van der Waals surface area contributed by atoms with Crippen molar-refractivity contribution in [2.24, 2.45) is 0 Å². The lowest BCUT2D eigenvalue weighted by Crippen LogP contribution is -2.39. The summed E-state index contributed by atoms with van der Waals surface area (Å²) in [5.74, 6) is 1.86. The maximum Gasteiger partial charge on any atom is 0.254 e. The van der Waals surface area contributed by atoms with E-state index in [1.165, 1.54) is 0 Å². The molecule has 0 fully saturated rings. The summed E-state index contributed by atoms with van der Waals surface area (Å²) in [5, 5.41) is 0. The smallest absolute Gasteiger partial charge is 0.254 e. The largest absolute Gasteiger partial charge is 0.497 e. The van der Waals surface area contributed by atoms with Gasteiger partial charge in [0.1, 0.15) is 17.3 Å². The van der Waals surface area contributed by atoms with E-state index in [1.54, 1.807) is 36.3 Å². The number of rotatable bonds is 5. The number of methoxy groups -OCH3 is 1. The van der Waals surface area contributed by atoms with Crippen molar-refractivity contribution in [3.63, 3.8) is 0 Å². The van der Waals surface area contributed by atoms with Crippen molar-refractivity contribution in [2.75, 3.05) is 20.3 Å². The van der Waals surface area contributed by atoms with Gasteiger partial charge in [0.2, 0.25) is 0 Å². The molecule has 4 rings (SSSR count). The van der Waals surface area contributed by atoms with Crippen molar-refractivity contribution < 1.29 is 14.3 Å². The van der Waals surface area contributed by atoms with E-state index in [0.717, 1.165) is 17.1 Å². The van der Waals surface area contributed by atoms with Crippen LogP contribution in [0.3, 0.4) is 0 Å². The molecule has 154 valence electrons. The lowest BCUT2D eigenvalue weighted by Gasteiger charge is -2.28. The van der Waals surface area contributed by atoms with Crippen LogP contribution in [-0.2, 0) is 13.0 Å². The average molecular weight is 405 g/mol. The number of H-pyrrole nitrogens is 1. The fraction of sp³-hybridized carbons (Fsp3) is 0.261. The lowest BCUT2D eigenvalue weighted by atomic mass is 10.0. The highest BCUT2D eigenvalue weighted by Crippen LogP contribution is 2.22. The summed E-state index contributed by atoms with van der Waals surface area (Å²) in [6, 6.07) is 14.4. The van der Waals surface area contributed by atoms with Crippen LogP contribution >= 0.6 is 0 Å². The number of benzene rings is 2. The fourth-order valence-corrected chi connectivity index (χ4v) is 3.54. The van der Waals surface area contributed by atoms with E-state index in [4.69, 9.17) is 9.47 Å². The fourth-order valence-electron chi connectivity index (χ4n) is 3.54. The SMILES string of the molecule is CCOc1ccc(C(=O)N2CCc3c(nc(-c4ccc(OC)cc4)[nH]c3=O)C2)cc1. The first-order valence-corrected chi connectivity index (χ1v) is 9.87. The number of amides is 1. The summed E-state index contributed by atoms with van der Waals surface area (Å²) in [5.41, 5.74) is 2.49. The molecule has 0 atom stereocenters. The third kappa shape index (κ3) is 3.91. The molecule has 0 spiro atoms. The number of aromatic amines is 1. The van der Waals surface area contributed by atoms with E-state index in [0.29, 0.717) is 48.8 Å². The normalized spacial score (nSPS) is 12.9. The van der Waals surface area contributed by atoms with Crippen molar-refractivity contribution >= 4 is 5.91 Å². The van der Waals surface area contributed by atoms with Gasteiger partial charge in [0.25, 0.3) is 11.5 Å². The van der Waals surface area contributed by atoms with E-state index >= 15 is 0 Å². The molecule has 0 radical (unpaired) electrons. The Labute approximate surface area is 174 Å². The Hall–Kier alpha value is -3.61. The Kier molecular flexibility index (Phi) is 5.52. The summed E-state index contributed by atoms with van der Waals surface area (Å²) < 4.78 is 10.6. The van der Waals surface area contributed by atoms with Crippen LogP contribution in [0.2, 0.25) is 0 Å². The minimum atomic E-state index is -0.154. The molecule has 0 unspecified atom stereocenters. The van der Waals surface area contributed by atoms with E-state index in [2.05, 4.69) is 9.97 Å². The third-order valence-corrected chi connectivity index (χ3v) is 5.14. The maximum absolute atomic E-state index is 12.9. The standard InChI is InChI=1S/C23H23N3O4/c1-3-30-18-10-6-16(7-11-18)23(28)26-13-12-19-20(14-26)24-21(25-22(19)27)15-4-8-17(29-2)9-5-15/h4-11H,3,12-14H2,1-2H3,(H,24,25,27). The number of nitrogens with zero attached hydrogens (tertiary/aromatic N) is 2. The van der Waals surface area contributed by atoms with Gasteiger partial charge in [0, 0.05) is 23.2 Å². The molecule has 1 amide bonds. The van der Waals surface area contributed by atoms with Crippen molar-refractivity contribution in [2.45, 2.75) is 19.9 Å². The quantitative estimate of drug-likeness (QED) is 0.705. The summed E-state index contributed by atoms with van der Waals surface area (Å²) in [6.07, 6.45) is 0.476. The Bertz CT molecular complexity index is 1100. The highest BCUT2D eigenvalue weighted by molar-refractivity contribution is 5.94. The van der Waals surface area contributed by atoms with Crippen LogP contribution < -0.4 is 15.0 Å². The van der Waals surface area contributed by atoms with Crippen LogP contribution in [0, 0.1) is 0 Å². The van der Waals surface area contributed by atoms with Gasteiger partial charge in [0.05, 0.1) is 26.0 Å². The van der Waals surface area contributed by atoms with Gasteiger partial charge in [-0.3, -0.25) is 9.59 Å². The zero-order chi connectivity index (χ0) is 21.1. The second-order valence-corrected chi connectivity index (χ2v) is 7.00. The minimum absolute atomic E-state index is 0.0863. The zero-order valence-electron chi connectivity index (χ0n) is 17.0. The molecular weight excluding hydrogens is 382 g/mol. The molecule has 0 saturated heterocycles. The van der Waals surface area contributed by atoms with Crippen LogP contribution in [0.4, 0.5) is 0 Å². The van der Waals surface area contributed by atoms with Crippen LogP contribution in [0.25, 0.3) is 11.4 Å². The molecule has 0 saturated carbocycles. The number of nitrogens with one attached hydrogen (secondary N) is 1. The van der Waals surface area contributed by atoms with Crippen LogP contribution in [0.5, 0.6) is 11.5 Å². The molecular formula is C23H23N3O4. The molecule has 7 heteroatoms. The van der Waals surface area contributed by atoms with Crippen molar-refractivity contribution in [1.82, 2.24) is 14.9 Å². The summed E-state index contributed by atoms with van der Waals surface area (Å²) >= 11 is 0. The average Bonchev–Trinajstić information content (AvgIpc) is 2.79. The zero-order valence-corrected chi connectivity index (χ0v) is 17.0. The first-order chi connectivity index (χ1) is 14.6. The Balaban J connectivity index is 1.58. The van der Waals surface area contributed by atoms with Gasteiger partial charge in [-0.05, 0) is 61.9 Å². The molecule has 1 aromatic heterocycles. The van der Waals surface area contributed by atoms with Crippen LogP contribution in [0.15, 0.2) is 53.3 Å². The first-order valence-electron chi connectivity index (χ1n) is 9.87.